The molecule has 0 heterocycles. The Morgan fingerprint density at radius 2 is 2.20 bits per heavy atom. The van der Waals surface area contributed by atoms with E-state index in [1.807, 2.05) is 0 Å². The minimum Gasteiger partial charge on any atom is -0.480 e. The molecule has 0 aliphatic heterocycles. The van der Waals surface area contributed by atoms with Crippen LogP contribution in [0.1, 0.15) is 12.8 Å². The minimum atomic E-state index is -1.10. The van der Waals surface area contributed by atoms with E-state index in [-0.39, 0.29) is 6.61 Å². The highest BCUT2D eigenvalue weighted by atomic mass is 16.5. The number of hydrogen-bond donors (Lipinski definition) is 3. The van der Waals surface area contributed by atoms with Gasteiger partial charge in [0.2, 0.25) is 0 Å². The Kier molecular flexibility index (Phi) is 4.36. The first kappa shape index (κ1) is 11.8. The Labute approximate surface area is 88.0 Å². The van der Waals surface area contributed by atoms with Gasteiger partial charge in [0, 0.05) is 13.7 Å². The third-order valence-electron chi connectivity index (χ3n) is 2.18. The second-order valence-corrected chi connectivity index (χ2v) is 3.64. The molecule has 1 atom stereocenters. The van der Waals surface area contributed by atoms with Crippen molar-refractivity contribution >= 4 is 12.0 Å². The fourth-order valence-electron chi connectivity index (χ4n) is 1.11. The van der Waals surface area contributed by atoms with Crippen molar-refractivity contribution in [1.82, 2.24) is 10.6 Å². The molecule has 1 fully saturated rings. The summed E-state index contributed by atoms with van der Waals surface area (Å²) >= 11 is 0. The quantitative estimate of drug-likeness (QED) is 0.573. The van der Waals surface area contributed by atoms with Crippen LogP contribution in [0.25, 0.3) is 0 Å². The number of methoxy groups -OCH3 is 1. The zero-order chi connectivity index (χ0) is 11.3. The summed E-state index contributed by atoms with van der Waals surface area (Å²) in [5.41, 5.74) is 0. The summed E-state index contributed by atoms with van der Waals surface area (Å²) < 4.78 is 4.68. The molecule has 0 aromatic heterocycles. The predicted octanol–water partition coefficient (Wildman–Crippen LogP) is -0.205. The smallest absolute Gasteiger partial charge is 0.328 e. The van der Waals surface area contributed by atoms with Crippen LogP contribution in [0.3, 0.4) is 0 Å². The lowest BCUT2D eigenvalue weighted by Crippen LogP contribution is -2.48. The molecule has 0 spiro atoms. The number of aliphatic carboxylic acids is 1. The van der Waals surface area contributed by atoms with E-state index in [0.29, 0.717) is 12.5 Å². The fourth-order valence-corrected chi connectivity index (χ4v) is 1.11. The van der Waals surface area contributed by atoms with Crippen LogP contribution in [0, 0.1) is 5.92 Å². The van der Waals surface area contributed by atoms with Crippen LogP contribution in [0.15, 0.2) is 0 Å². The van der Waals surface area contributed by atoms with Gasteiger partial charge in [0.1, 0.15) is 0 Å². The predicted molar refractivity (Wildman–Crippen MR) is 52.6 cm³/mol. The molecule has 1 unspecified atom stereocenters. The first-order valence-corrected chi connectivity index (χ1v) is 4.89. The van der Waals surface area contributed by atoms with Gasteiger partial charge >= 0.3 is 12.0 Å². The number of carboxylic acid groups (broad SMARTS) is 1. The van der Waals surface area contributed by atoms with Crippen LogP contribution in [0.4, 0.5) is 4.79 Å². The summed E-state index contributed by atoms with van der Waals surface area (Å²) in [6, 6.07) is -1.44. The summed E-state index contributed by atoms with van der Waals surface area (Å²) in [5, 5.41) is 13.7. The average Bonchev–Trinajstić information content (AvgIpc) is 2.97. The third-order valence-corrected chi connectivity index (χ3v) is 2.18. The molecule has 1 rings (SSSR count). The largest absolute Gasteiger partial charge is 0.480 e. The van der Waals surface area contributed by atoms with Gasteiger partial charge in [-0.05, 0) is 18.8 Å². The van der Waals surface area contributed by atoms with Crippen molar-refractivity contribution in [1.29, 1.82) is 0 Å². The molecule has 6 nitrogen and oxygen atoms in total. The van der Waals surface area contributed by atoms with Crippen molar-refractivity contribution in [3.05, 3.63) is 0 Å². The second kappa shape index (κ2) is 5.55. The third kappa shape index (κ3) is 4.64. The molecule has 1 aliphatic rings. The fraction of sp³-hybridized carbons (Fsp3) is 0.778. The molecular weight excluding hydrogens is 200 g/mol. The van der Waals surface area contributed by atoms with Crippen molar-refractivity contribution in [2.45, 2.75) is 18.9 Å². The number of carboxylic acids is 1. The molecule has 0 saturated heterocycles. The van der Waals surface area contributed by atoms with Gasteiger partial charge < -0.3 is 20.5 Å². The standard InChI is InChI=1S/C9H16N2O4/c1-15-5-7(8(12)13)11-9(14)10-4-6-2-3-6/h6-7H,2-5H2,1H3,(H,12,13)(H2,10,11,14). The van der Waals surface area contributed by atoms with Crippen LogP contribution in [-0.4, -0.2) is 43.4 Å². The number of carbonyl (C=O) groups is 2. The van der Waals surface area contributed by atoms with Crippen molar-refractivity contribution in [3.63, 3.8) is 0 Å². The summed E-state index contributed by atoms with van der Waals surface area (Å²) in [6.07, 6.45) is 2.28. The first-order chi connectivity index (χ1) is 7.13. The SMILES string of the molecule is COCC(NC(=O)NCC1CC1)C(=O)O. The number of urea groups is 1. The number of rotatable bonds is 6. The van der Waals surface area contributed by atoms with Gasteiger partial charge in [-0.3, -0.25) is 0 Å². The van der Waals surface area contributed by atoms with Gasteiger partial charge in [-0.25, -0.2) is 9.59 Å². The number of ether oxygens (including phenoxy) is 1. The average molecular weight is 216 g/mol. The van der Waals surface area contributed by atoms with E-state index in [2.05, 4.69) is 15.4 Å². The highest BCUT2D eigenvalue weighted by Crippen LogP contribution is 2.27. The van der Waals surface area contributed by atoms with Gasteiger partial charge in [0.25, 0.3) is 0 Å². The minimum absolute atomic E-state index is 0.0355. The maximum absolute atomic E-state index is 11.2. The molecule has 0 bridgehead atoms. The summed E-state index contributed by atoms with van der Waals surface area (Å²) in [7, 11) is 1.39. The molecule has 0 aromatic rings. The maximum Gasteiger partial charge on any atom is 0.328 e. The molecule has 6 heteroatoms. The second-order valence-electron chi connectivity index (χ2n) is 3.64. The van der Waals surface area contributed by atoms with E-state index in [9.17, 15) is 9.59 Å². The summed E-state index contributed by atoms with van der Waals surface area (Å²) in [5.74, 6) is -0.528. The molecule has 2 amide bonds. The molecule has 1 aliphatic carbocycles. The van der Waals surface area contributed by atoms with Crippen molar-refractivity contribution in [3.8, 4) is 0 Å². The van der Waals surface area contributed by atoms with Gasteiger partial charge in [-0.1, -0.05) is 0 Å². The van der Waals surface area contributed by atoms with Crippen molar-refractivity contribution in [2.24, 2.45) is 5.92 Å². The zero-order valence-corrected chi connectivity index (χ0v) is 8.66. The van der Waals surface area contributed by atoms with E-state index in [4.69, 9.17) is 5.11 Å². The molecule has 15 heavy (non-hydrogen) atoms. The molecule has 86 valence electrons. The Hall–Kier alpha value is -1.30. The Morgan fingerprint density at radius 1 is 1.53 bits per heavy atom. The monoisotopic (exact) mass is 216 g/mol. The lowest BCUT2D eigenvalue weighted by molar-refractivity contribution is -0.140. The molecule has 1 saturated carbocycles. The Bertz CT molecular complexity index is 240. The Balaban J connectivity index is 2.22. The lowest BCUT2D eigenvalue weighted by Gasteiger charge is -2.13. The molecule has 0 aromatic carbocycles. The molecule has 0 radical (unpaired) electrons. The van der Waals surface area contributed by atoms with Gasteiger partial charge in [-0.2, -0.15) is 0 Å². The first-order valence-electron chi connectivity index (χ1n) is 4.89. The van der Waals surface area contributed by atoms with Crippen LogP contribution >= 0.6 is 0 Å². The van der Waals surface area contributed by atoms with Gasteiger partial charge in [0.05, 0.1) is 6.61 Å². The van der Waals surface area contributed by atoms with Crippen molar-refractivity contribution in [2.75, 3.05) is 20.3 Å². The van der Waals surface area contributed by atoms with Crippen LogP contribution in [-0.2, 0) is 9.53 Å². The van der Waals surface area contributed by atoms with E-state index in [0.717, 1.165) is 12.8 Å². The number of hydrogen-bond acceptors (Lipinski definition) is 3. The van der Waals surface area contributed by atoms with Crippen LogP contribution < -0.4 is 10.6 Å². The Morgan fingerprint density at radius 3 is 2.67 bits per heavy atom. The topological polar surface area (TPSA) is 87.7 Å². The van der Waals surface area contributed by atoms with E-state index in [1.54, 1.807) is 0 Å². The van der Waals surface area contributed by atoms with E-state index >= 15 is 0 Å². The van der Waals surface area contributed by atoms with Crippen molar-refractivity contribution < 1.29 is 19.4 Å². The van der Waals surface area contributed by atoms with Crippen LogP contribution in [0.5, 0.6) is 0 Å². The maximum atomic E-state index is 11.2. The highest BCUT2D eigenvalue weighted by molar-refractivity contribution is 5.82. The number of nitrogens with one attached hydrogen (secondary N) is 2. The van der Waals surface area contributed by atoms with Gasteiger partial charge in [-0.15, -0.1) is 0 Å². The lowest BCUT2D eigenvalue weighted by atomic mass is 10.3. The highest BCUT2D eigenvalue weighted by Gasteiger charge is 2.23. The number of carbonyl (C=O) groups excluding carboxylic acids is 1. The van der Waals surface area contributed by atoms with Gasteiger partial charge in [0.15, 0.2) is 6.04 Å². The van der Waals surface area contributed by atoms with Crippen LogP contribution in [0.2, 0.25) is 0 Å². The number of amides is 2. The summed E-state index contributed by atoms with van der Waals surface area (Å²) in [6.45, 7) is 0.581. The van der Waals surface area contributed by atoms with E-state index in [1.165, 1.54) is 7.11 Å². The summed E-state index contributed by atoms with van der Waals surface area (Å²) in [4.78, 5) is 21.9. The van der Waals surface area contributed by atoms with E-state index < -0.39 is 18.0 Å². The zero-order valence-electron chi connectivity index (χ0n) is 8.66. The molecular formula is C9H16N2O4. The normalized spacial score (nSPS) is 16.9. The molecule has 3 N–H and O–H groups in total.